The topological polar surface area (TPSA) is 44.5 Å². The minimum absolute atomic E-state index is 0.215. The number of hydrogen-bond acceptors (Lipinski definition) is 3. The van der Waals surface area contributed by atoms with Gasteiger partial charge in [0.25, 0.3) is 0 Å². The average molecular weight is 214 g/mol. The van der Waals surface area contributed by atoms with Crippen LogP contribution in [0.1, 0.15) is 5.56 Å². The van der Waals surface area contributed by atoms with Crippen LogP contribution < -0.4 is 5.73 Å². The second kappa shape index (κ2) is 4.17. The van der Waals surface area contributed by atoms with Crippen molar-refractivity contribution in [2.24, 2.45) is 0 Å². The predicted molar refractivity (Wildman–Crippen MR) is 55.3 cm³/mol. The summed E-state index contributed by atoms with van der Waals surface area (Å²) in [7, 11) is 0. The zero-order valence-corrected chi connectivity index (χ0v) is 8.46. The summed E-state index contributed by atoms with van der Waals surface area (Å²) in [4.78, 5) is 0. The summed E-state index contributed by atoms with van der Waals surface area (Å²) in [6, 6.07) is 5.40. The minimum atomic E-state index is 0.215. The van der Waals surface area contributed by atoms with Crippen LogP contribution in [0.3, 0.4) is 0 Å². The molecule has 4 heteroatoms. The number of anilines is 1. The van der Waals surface area contributed by atoms with E-state index in [0.29, 0.717) is 30.5 Å². The van der Waals surface area contributed by atoms with E-state index in [0.717, 1.165) is 5.56 Å². The standard InChI is InChI=1S/C10H12ClNO2/c11-10-2-1-8(12)3-7(10)4-14-9-5-13-6-9/h1-3,9H,4-6,12H2. The number of halogens is 1. The average Bonchev–Trinajstić information content (AvgIpc) is 2.08. The van der Waals surface area contributed by atoms with Crippen LogP contribution in [-0.4, -0.2) is 19.3 Å². The molecule has 2 N–H and O–H groups in total. The van der Waals surface area contributed by atoms with Gasteiger partial charge in [0.05, 0.1) is 19.8 Å². The van der Waals surface area contributed by atoms with Gasteiger partial charge >= 0.3 is 0 Å². The van der Waals surface area contributed by atoms with E-state index in [4.69, 9.17) is 26.8 Å². The van der Waals surface area contributed by atoms with Gasteiger partial charge in [-0.2, -0.15) is 0 Å². The summed E-state index contributed by atoms with van der Waals surface area (Å²) < 4.78 is 10.5. The SMILES string of the molecule is Nc1ccc(Cl)c(COC2COC2)c1. The van der Waals surface area contributed by atoms with Crippen LogP contribution in [0.4, 0.5) is 5.69 Å². The number of ether oxygens (including phenoxy) is 2. The highest BCUT2D eigenvalue weighted by Gasteiger charge is 2.18. The Bertz CT molecular complexity index is 326. The number of rotatable bonds is 3. The van der Waals surface area contributed by atoms with Crippen molar-refractivity contribution < 1.29 is 9.47 Å². The molecule has 76 valence electrons. The van der Waals surface area contributed by atoms with Gasteiger partial charge in [0.1, 0.15) is 6.10 Å². The molecule has 0 amide bonds. The molecule has 0 bridgehead atoms. The minimum Gasteiger partial charge on any atom is -0.399 e. The van der Waals surface area contributed by atoms with Crippen molar-refractivity contribution in [1.29, 1.82) is 0 Å². The lowest BCUT2D eigenvalue weighted by Gasteiger charge is -2.26. The number of hydrogen-bond donors (Lipinski definition) is 1. The number of nitrogen functional groups attached to an aromatic ring is 1. The van der Waals surface area contributed by atoms with Crippen molar-refractivity contribution in [3.05, 3.63) is 28.8 Å². The normalized spacial score (nSPS) is 16.6. The highest BCUT2D eigenvalue weighted by Crippen LogP contribution is 2.20. The molecule has 1 fully saturated rings. The van der Waals surface area contributed by atoms with Gasteiger partial charge in [-0.15, -0.1) is 0 Å². The van der Waals surface area contributed by atoms with Crippen LogP contribution in [-0.2, 0) is 16.1 Å². The van der Waals surface area contributed by atoms with E-state index in [2.05, 4.69) is 0 Å². The molecule has 1 aromatic rings. The molecule has 14 heavy (non-hydrogen) atoms. The monoisotopic (exact) mass is 213 g/mol. The maximum absolute atomic E-state index is 5.97. The fourth-order valence-electron chi connectivity index (χ4n) is 1.22. The van der Waals surface area contributed by atoms with Gasteiger partial charge in [-0.05, 0) is 23.8 Å². The Morgan fingerprint density at radius 2 is 2.29 bits per heavy atom. The Morgan fingerprint density at radius 1 is 1.50 bits per heavy atom. The summed E-state index contributed by atoms with van der Waals surface area (Å²) in [6.45, 7) is 1.86. The number of nitrogens with two attached hydrogens (primary N) is 1. The lowest BCUT2D eigenvalue weighted by Crippen LogP contribution is -2.35. The Kier molecular flexibility index (Phi) is 2.91. The first kappa shape index (κ1) is 9.77. The molecule has 1 aromatic carbocycles. The third-order valence-corrected chi connectivity index (χ3v) is 2.52. The molecule has 0 aromatic heterocycles. The van der Waals surface area contributed by atoms with Gasteiger partial charge in [0, 0.05) is 10.7 Å². The molecule has 2 rings (SSSR count). The maximum Gasteiger partial charge on any atom is 0.105 e. The van der Waals surface area contributed by atoms with Gasteiger partial charge in [-0.1, -0.05) is 11.6 Å². The molecule has 0 radical (unpaired) electrons. The fourth-order valence-corrected chi connectivity index (χ4v) is 1.40. The quantitative estimate of drug-likeness (QED) is 0.780. The van der Waals surface area contributed by atoms with Crippen LogP contribution in [0.5, 0.6) is 0 Å². The molecule has 0 saturated carbocycles. The van der Waals surface area contributed by atoms with E-state index < -0.39 is 0 Å². The van der Waals surface area contributed by atoms with Gasteiger partial charge in [0.15, 0.2) is 0 Å². The molecular weight excluding hydrogens is 202 g/mol. The second-order valence-electron chi connectivity index (χ2n) is 3.32. The molecule has 0 aliphatic carbocycles. The molecule has 1 aliphatic rings. The van der Waals surface area contributed by atoms with Crippen molar-refractivity contribution in [2.75, 3.05) is 18.9 Å². The second-order valence-corrected chi connectivity index (χ2v) is 3.73. The Morgan fingerprint density at radius 3 is 2.93 bits per heavy atom. The van der Waals surface area contributed by atoms with Crippen LogP contribution in [0, 0.1) is 0 Å². The van der Waals surface area contributed by atoms with Gasteiger partial charge in [-0.25, -0.2) is 0 Å². The molecule has 3 nitrogen and oxygen atoms in total. The van der Waals surface area contributed by atoms with Gasteiger partial charge < -0.3 is 15.2 Å². The summed E-state index contributed by atoms with van der Waals surface area (Å²) in [6.07, 6.45) is 0.215. The fraction of sp³-hybridized carbons (Fsp3) is 0.400. The Hall–Kier alpha value is -0.770. The molecule has 1 heterocycles. The highest BCUT2D eigenvalue weighted by atomic mass is 35.5. The smallest absolute Gasteiger partial charge is 0.105 e. The first-order valence-corrected chi connectivity index (χ1v) is 4.87. The Balaban J connectivity index is 1.96. The first-order chi connectivity index (χ1) is 6.75. The molecular formula is C10H12ClNO2. The molecule has 0 atom stereocenters. The Labute approximate surface area is 87.8 Å². The van der Waals surface area contributed by atoms with E-state index >= 15 is 0 Å². The molecule has 0 unspecified atom stereocenters. The zero-order chi connectivity index (χ0) is 9.97. The van der Waals surface area contributed by atoms with Crippen molar-refractivity contribution in [2.45, 2.75) is 12.7 Å². The van der Waals surface area contributed by atoms with Crippen molar-refractivity contribution in [3.63, 3.8) is 0 Å². The summed E-state index contributed by atoms with van der Waals surface area (Å²) >= 11 is 5.97. The lowest BCUT2D eigenvalue weighted by atomic mass is 10.2. The summed E-state index contributed by atoms with van der Waals surface area (Å²) in [5.41, 5.74) is 7.28. The lowest BCUT2D eigenvalue weighted by molar-refractivity contribution is -0.135. The molecule has 0 spiro atoms. The summed E-state index contributed by atoms with van der Waals surface area (Å²) in [5.74, 6) is 0. The van der Waals surface area contributed by atoms with E-state index in [1.54, 1.807) is 12.1 Å². The largest absolute Gasteiger partial charge is 0.399 e. The third kappa shape index (κ3) is 2.18. The van der Waals surface area contributed by atoms with Crippen molar-refractivity contribution in [3.8, 4) is 0 Å². The highest BCUT2D eigenvalue weighted by molar-refractivity contribution is 6.31. The van der Waals surface area contributed by atoms with E-state index in [1.165, 1.54) is 0 Å². The van der Waals surface area contributed by atoms with E-state index in [-0.39, 0.29) is 6.10 Å². The van der Waals surface area contributed by atoms with Crippen LogP contribution in [0.2, 0.25) is 5.02 Å². The van der Waals surface area contributed by atoms with Gasteiger partial charge in [-0.3, -0.25) is 0 Å². The van der Waals surface area contributed by atoms with Gasteiger partial charge in [0.2, 0.25) is 0 Å². The van der Waals surface area contributed by atoms with Crippen LogP contribution >= 0.6 is 11.6 Å². The predicted octanol–water partition coefficient (Wildman–Crippen LogP) is 1.84. The van der Waals surface area contributed by atoms with E-state index in [9.17, 15) is 0 Å². The first-order valence-electron chi connectivity index (χ1n) is 4.49. The maximum atomic E-state index is 5.97. The van der Waals surface area contributed by atoms with Crippen molar-refractivity contribution in [1.82, 2.24) is 0 Å². The number of benzene rings is 1. The van der Waals surface area contributed by atoms with E-state index in [1.807, 2.05) is 6.07 Å². The third-order valence-electron chi connectivity index (χ3n) is 2.15. The van der Waals surface area contributed by atoms with Crippen LogP contribution in [0.15, 0.2) is 18.2 Å². The zero-order valence-electron chi connectivity index (χ0n) is 7.70. The molecule has 1 saturated heterocycles. The van der Waals surface area contributed by atoms with Crippen LogP contribution in [0.25, 0.3) is 0 Å². The summed E-state index contributed by atoms with van der Waals surface area (Å²) in [5, 5.41) is 0.694. The molecule has 1 aliphatic heterocycles. The van der Waals surface area contributed by atoms with Crippen molar-refractivity contribution >= 4 is 17.3 Å².